The van der Waals surface area contributed by atoms with Crippen LogP contribution in [0.1, 0.15) is 6.92 Å². The van der Waals surface area contributed by atoms with E-state index in [0.717, 1.165) is 0 Å². The monoisotopic (exact) mass is 207 g/mol. The van der Waals surface area contributed by atoms with Gasteiger partial charge in [-0.15, -0.1) is 0 Å². The molecule has 0 aliphatic carbocycles. The highest BCUT2D eigenvalue weighted by Crippen LogP contribution is 1.95. The lowest BCUT2D eigenvalue weighted by atomic mass is 10.4. The van der Waals surface area contributed by atoms with Gasteiger partial charge in [-0.25, -0.2) is 0 Å². The summed E-state index contributed by atoms with van der Waals surface area (Å²) in [6.45, 7) is 1.97. The summed E-state index contributed by atoms with van der Waals surface area (Å²) in [7, 11) is 0. The first-order valence-corrected chi connectivity index (χ1v) is 4.42. The average Bonchev–Trinajstić information content (AvgIpc) is 2.15. The zero-order chi connectivity index (χ0) is 10.3. The molecule has 2 N–H and O–H groups in total. The lowest BCUT2D eigenvalue weighted by molar-refractivity contribution is -0.178. The van der Waals surface area contributed by atoms with Crippen molar-refractivity contribution in [3.05, 3.63) is 0 Å². The number of ether oxygens (including phenoxy) is 2. The van der Waals surface area contributed by atoms with Crippen LogP contribution in [-0.2, 0) is 19.1 Å². The van der Waals surface area contributed by atoms with Gasteiger partial charge < -0.3 is 15.2 Å². The Morgan fingerprint density at radius 3 is 2.69 bits per heavy atom. The number of esters is 1. The maximum Gasteiger partial charge on any atom is 0.326 e. The van der Waals surface area contributed by atoms with Gasteiger partial charge in [-0.3, -0.25) is 9.59 Å². The van der Waals surface area contributed by atoms with Gasteiger partial charge in [0.15, 0.2) is 6.29 Å². The highest BCUT2D eigenvalue weighted by Gasteiger charge is 2.18. The van der Waals surface area contributed by atoms with Gasteiger partial charge in [0, 0.05) is 12.4 Å². The summed E-state index contributed by atoms with van der Waals surface area (Å²) >= 11 is 3.80. The Bertz CT molecular complexity index is 176. The Morgan fingerprint density at radius 1 is 1.69 bits per heavy atom. The molecule has 0 bridgehead atoms. The lowest BCUT2D eigenvalue weighted by Gasteiger charge is -2.13. The first-order valence-electron chi connectivity index (χ1n) is 3.79. The number of carbonyl (C=O) groups is 2. The van der Waals surface area contributed by atoms with Crippen molar-refractivity contribution in [2.75, 3.05) is 12.4 Å². The van der Waals surface area contributed by atoms with Crippen LogP contribution in [0.3, 0.4) is 0 Å². The van der Waals surface area contributed by atoms with Crippen LogP contribution in [0.4, 0.5) is 0 Å². The van der Waals surface area contributed by atoms with Crippen LogP contribution >= 0.6 is 12.6 Å². The molecular formula is C7H13NO4S. The summed E-state index contributed by atoms with van der Waals surface area (Å²) in [5, 5.41) is 0. The van der Waals surface area contributed by atoms with E-state index in [-0.39, 0.29) is 12.4 Å². The third kappa shape index (κ3) is 4.87. The van der Waals surface area contributed by atoms with Gasteiger partial charge in [0.1, 0.15) is 6.04 Å². The van der Waals surface area contributed by atoms with Crippen molar-refractivity contribution in [2.24, 2.45) is 5.73 Å². The van der Waals surface area contributed by atoms with Gasteiger partial charge >= 0.3 is 5.97 Å². The number of rotatable bonds is 6. The Labute approximate surface area is 82.0 Å². The number of nitrogens with two attached hydrogens (primary N) is 1. The molecule has 6 heteroatoms. The van der Waals surface area contributed by atoms with E-state index in [1.807, 2.05) is 0 Å². The first kappa shape index (κ1) is 12.4. The second-order valence-corrected chi connectivity index (χ2v) is 2.55. The molecule has 0 aromatic carbocycles. The van der Waals surface area contributed by atoms with Gasteiger partial charge in [0.25, 0.3) is 6.29 Å². The number of carbonyl (C=O) groups excluding carboxylic acids is 2. The fourth-order valence-electron chi connectivity index (χ4n) is 0.542. The molecule has 0 radical (unpaired) electrons. The van der Waals surface area contributed by atoms with Crippen molar-refractivity contribution >= 4 is 24.9 Å². The highest BCUT2D eigenvalue weighted by molar-refractivity contribution is 7.80. The summed E-state index contributed by atoms with van der Waals surface area (Å²) in [6, 6.07) is -0.828. The van der Waals surface area contributed by atoms with Crippen LogP contribution in [0.2, 0.25) is 0 Å². The highest BCUT2D eigenvalue weighted by atomic mass is 32.1. The number of hydrogen-bond donors (Lipinski definition) is 2. The predicted molar refractivity (Wildman–Crippen MR) is 49.4 cm³/mol. The van der Waals surface area contributed by atoms with Crippen LogP contribution in [0, 0.1) is 0 Å². The van der Waals surface area contributed by atoms with Crippen molar-refractivity contribution in [3.63, 3.8) is 0 Å². The van der Waals surface area contributed by atoms with Crippen LogP contribution in [-0.4, -0.2) is 36.9 Å². The standard InChI is InChI=1S/C7H13NO4S/c1-2-11-6(3-9)12-7(10)5(8)4-13/h3,5-6,13H,2,4,8H2,1H3/t5-,6?/m0/s1. The first-order chi connectivity index (χ1) is 6.15. The van der Waals surface area contributed by atoms with E-state index in [2.05, 4.69) is 17.4 Å². The van der Waals surface area contributed by atoms with Crippen LogP contribution < -0.4 is 5.73 Å². The zero-order valence-corrected chi connectivity index (χ0v) is 8.20. The summed E-state index contributed by atoms with van der Waals surface area (Å²) in [6.07, 6.45) is -0.768. The molecule has 0 aromatic rings. The largest absolute Gasteiger partial charge is 0.427 e. The Morgan fingerprint density at radius 2 is 2.31 bits per heavy atom. The quantitative estimate of drug-likeness (QED) is 0.262. The molecule has 1 unspecified atom stereocenters. The van der Waals surface area contributed by atoms with Gasteiger partial charge in [-0.05, 0) is 6.92 Å². The molecule has 2 atom stereocenters. The Balaban J connectivity index is 3.92. The number of thiol groups is 1. The topological polar surface area (TPSA) is 78.6 Å². The lowest BCUT2D eigenvalue weighted by Crippen LogP contribution is -2.37. The second kappa shape index (κ2) is 6.88. The maximum atomic E-state index is 11.0. The third-order valence-electron chi connectivity index (χ3n) is 1.17. The maximum absolute atomic E-state index is 11.0. The van der Waals surface area contributed by atoms with Crippen molar-refractivity contribution in [3.8, 4) is 0 Å². The molecule has 76 valence electrons. The smallest absolute Gasteiger partial charge is 0.326 e. The Hall–Kier alpha value is -0.590. The fourth-order valence-corrected chi connectivity index (χ4v) is 0.691. The summed E-state index contributed by atoms with van der Waals surface area (Å²) in [4.78, 5) is 21.3. The van der Waals surface area contributed by atoms with Crippen LogP contribution in [0.25, 0.3) is 0 Å². The molecule has 5 nitrogen and oxygen atoms in total. The Kier molecular flexibility index (Phi) is 6.56. The van der Waals surface area contributed by atoms with E-state index < -0.39 is 18.3 Å². The molecular weight excluding hydrogens is 194 g/mol. The molecule has 13 heavy (non-hydrogen) atoms. The summed E-state index contributed by atoms with van der Waals surface area (Å²) in [5.41, 5.74) is 5.29. The molecule has 0 fully saturated rings. The van der Waals surface area contributed by atoms with E-state index >= 15 is 0 Å². The van der Waals surface area contributed by atoms with E-state index in [1.54, 1.807) is 6.92 Å². The number of hydrogen-bond acceptors (Lipinski definition) is 6. The van der Waals surface area contributed by atoms with Crippen LogP contribution in [0.15, 0.2) is 0 Å². The minimum Gasteiger partial charge on any atom is -0.427 e. The molecule has 0 amide bonds. The molecule has 0 heterocycles. The van der Waals surface area contributed by atoms with Gasteiger partial charge in [-0.1, -0.05) is 0 Å². The third-order valence-corrected chi connectivity index (χ3v) is 1.57. The molecule has 0 aromatic heterocycles. The van der Waals surface area contributed by atoms with Gasteiger partial charge in [0.2, 0.25) is 0 Å². The molecule has 0 aliphatic heterocycles. The SMILES string of the molecule is CCOC(C=O)OC(=O)[C@@H](N)CS. The van der Waals surface area contributed by atoms with Gasteiger partial charge in [0.05, 0.1) is 0 Å². The summed E-state index contributed by atoms with van der Waals surface area (Å²) in [5.74, 6) is -0.531. The molecule has 0 saturated heterocycles. The van der Waals surface area contributed by atoms with E-state index in [1.165, 1.54) is 0 Å². The minimum atomic E-state index is -1.16. The van der Waals surface area contributed by atoms with Crippen molar-refractivity contribution in [2.45, 2.75) is 19.3 Å². The fraction of sp³-hybridized carbons (Fsp3) is 0.714. The van der Waals surface area contributed by atoms with Crippen molar-refractivity contribution in [1.29, 1.82) is 0 Å². The minimum absolute atomic E-state index is 0.163. The zero-order valence-electron chi connectivity index (χ0n) is 7.30. The second-order valence-electron chi connectivity index (χ2n) is 2.19. The molecule has 0 rings (SSSR count). The number of aldehydes is 1. The van der Waals surface area contributed by atoms with Crippen molar-refractivity contribution < 1.29 is 19.1 Å². The van der Waals surface area contributed by atoms with E-state index in [9.17, 15) is 9.59 Å². The normalized spacial score (nSPS) is 14.7. The van der Waals surface area contributed by atoms with Crippen molar-refractivity contribution in [1.82, 2.24) is 0 Å². The summed E-state index contributed by atoms with van der Waals surface area (Å²) < 4.78 is 9.35. The van der Waals surface area contributed by atoms with E-state index in [0.29, 0.717) is 6.29 Å². The van der Waals surface area contributed by atoms with Crippen LogP contribution in [0.5, 0.6) is 0 Å². The predicted octanol–water partition coefficient (Wildman–Crippen LogP) is -0.652. The van der Waals surface area contributed by atoms with E-state index in [4.69, 9.17) is 10.5 Å². The average molecular weight is 207 g/mol. The van der Waals surface area contributed by atoms with Gasteiger partial charge in [-0.2, -0.15) is 12.6 Å². The molecule has 0 saturated carbocycles. The molecule has 0 aliphatic rings. The molecule has 0 spiro atoms.